The molecule has 0 saturated carbocycles. The van der Waals surface area contributed by atoms with Gasteiger partial charge in [0.15, 0.2) is 0 Å². The molecule has 0 fully saturated rings. The van der Waals surface area contributed by atoms with Crippen LogP contribution in [0.25, 0.3) is 0 Å². The maximum absolute atomic E-state index is 8.80. The molecule has 2 aromatic rings. The van der Waals surface area contributed by atoms with E-state index in [4.69, 9.17) is 10.00 Å². The van der Waals surface area contributed by atoms with E-state index in [9.17, 15) is 0 Å². The van der Waals surface area contributed by atoms with E-state index < -0.39 is 0 Å². The first-order valence-electron chi connectivity index (χ1n) is 5.33. The Labute approximate surface area is 100 Å². The lowest BCUT2D eigenvalue weighted by Gasteiger charge is -2.07. The van der Waals surface area contributed by atoms with Gasteiger partial charge in [-0.15, -0.1) is 0 Å². The number of hydrogen-bond donors (Lipinski definition) is 0. The number of rotatable bonds is 3. The molecule has 1 heterocycles. The summed E-state index contributed by atoms with van der Waals surface area (Å²) in [6.45, 7) is 2.34. The molecule has 1 aromatic carbocycles. The second-order valence-electron chi connectivity index (χ2n) is 3.72. The number of aryl methyl sites for hydroxylation is 1. The molecule has 3 heteroatoms. The van der Waals surface area contributed by atoms with Crippen LogP contribution in [0.4, 0.5) is 0 Å². The Kier molecular flexibility index (Phi) is 3.37. The quantitative estimate of drug-likeness (QED) is 0.805. The zero-order valence-corrected chi connectivity index (χ0v) is 9.55. The van der Waals surface area contributed by atoms with E-state index in [2.05, 4.69) is 4.98 Å². The number of pyridine rings is 1. The minimum atomic E-state index is 0.382. The van der Waals surface area contributed by atoms with Crippen LogP contribution in [-0.2, 0) is 6.61 Å². The third-order valence-electron chi connectivity index (χ3n) is 2.29. The van der Waals surface area contributed by atoms with Crippen molar-refractivity contribution in [3.05, 3.63) is 59.4 Å². The van der Waals surface area contributed by atoms with Gasteiger partial charge in [0.25, 0.3) is 0 Å². The first-order chi connectivity index (χ1) is 8.28. The summed E-state index contributed by atoms with van der Waals surface area (Å²) in [6.07, 6.45) is 0. The average molecular weight is 224 g/mol. The highest BCUT2D eigenvalue weighted by Gasteiger charge is 2.00. The van der Waals surface area contributed by atoms with Gasteiger partial charge in [0, 0.05) is 17.8 Å². The van der Waals surface area contributed by atoms with Crippen LogP contribution in [0.1, 0.15) is 17.0 Å². The van der Waals surface area contributed by atoms with E-state index in [0.29, 0.717) is 18.1 Å². The Balaban J connectivity index is 2.10. The Hall–Kier alpha value is -2.34. The molecule has 0 bridgehead atoms. The van der Waals surface area contributed by atoms with Gasteiger partial charge < -0.3 is 4.74 Å². The van der Waals surface area contributed by atoms with Gasteiger partial charge >= 0.3 is 0 Å². The van der Waals surface area contributed by atoms with E-state index in [1.807, 2.05) is 49.4 Å². The Morgan fingerprint density at radius 2 is 2.00 bits per heavy atom. The number of aromatic nitrogens is 1. The summed E-state index contributed by atoms with van der Waals surface area (Å²) in [4.78, 5) is 4.07. The van der Waals surface area contributed by atoms with Crippen molar-refractivity contribution < 1.29 is 4.74 Å². The summed E-state index contributed by atoms with van der Waals surface area (Å²) >= 11 is 0. The van der Waals surface area contributed by atoms with E-state index in [1.54, 1.807) is 6.07 Å². The van der Waals surface area contributed by atoms with Crippen LogP contribution in [0.15, 0.2) is 42.5 Å². The normalized spacial score (nSPS) is 9.65. The fourth-order valence-corrected chi connectivity index (χ4v) is 1.52. The first kappa shape index (κ1) is 11.2. The lowest BCUT2D eigenvalue weighted by atomic mass is 10.2. The summed E-state index contributed by atoms with van der Waals surface area (Å²) in [5, 5.41) is 8.80. The van der Waals surface area contributed by atoms with Crippen molar-refractivity contribution in [1.82, 2.24) is 4.98 Å². The van der Waals surface area contributed by atoms with Crippen LogP contribution in [0.3, 0.4) is 0 Å². The van der Waals surface area contributed by atoms with Gasteiger partial charge in [0.2, 0.25) is 0 Å². The summed E-state index contributed by atoms with van der Waals surface area (Å²) in [5.74, 6) is 0.679. The highest BCUT2D eigenvalue weighted by atomic mass is 16.5. The van der Waals surface area contributed by atoms with Crippen molar-refractivity contribution in [2.75, 3.05) is 0 Å². The van der Waals surface area contributed by atoms with Gasteiger partial charge in [-0.3, -0.25) is 0 Å². The monoisotopic (exact) mass is 224 g/mol. The molecular weight excluding hydrogens is 212 g/mol. The maximum Gasteiger partial charge on any atom is 0.144 e. The number of nitrogens with zero attached hydrogens (tertiary/aromatic N) is 2. The molecule has 0 radical (unpaired) electrons. The standard InChI is InChI=1S/C14H12N2O/c1-11-7-14(8-13(9-15)16-11)17-10-12-5-3-2-4-6-12/h2-8H,10H2,1H3. The Bertz CT molecular complexity index is 544. The van der Waals surface area contributed by atoms with Crippen LogP contribution in [0.5, 0.6) is 5.75 Å². The van der Waals surface area contributed by atoms with Crippen LogP contribution < -0.4 is 4.74 Å². The zero-order chi connectivity index (χ0) is 12.1. The lowest BCUT2D eigenvalue weighted by molar-refractivity contribution is 0.305. The predicted octanol–water partition coefficient (Wildman–Crippen LogP) is 2.84. The summed E-state index contributed by atoms with van der Waals surface area (Å²) in [6, 6.07) is 15.4. The van der Waals surface area contributed by atoms with E-state index in [-0.39, 0.29) is 0 Å². The predicted molar refractivity (Wildman–Crippen MR) is 64.5 cm³/mol. The minimum absolute atomic E-state index is 0.382. The third kappa shape index (κ3) is 3.05. The van der Waals surface area contributed by atoms with Gasteiger partial charge in [-0.2, -0.15) is 5.26 Å². The molecule has 1 aromatic heterocycles. The van der Waals surface area contributed by atoms with E-state index in [1.165, 1.54) is 0 Å². The largest absolute Gasteiger partial charge is 0.489 e. The van der Waals surface area contributed by atoms with Crippen molar-refractivity contribution >= 4 is 0 Å². The SMILES string of the molecule is Cc1cc(OCc2ccccc2)cc(C#N)n1. The van der Waals surface area contributed by atoms with Crippen molar-refractivity contribution in [3.63, 3.8) is 0 Å². The second-order valence-corrected chi connectivity index (χ2v) is 3.72. The molecule has 17 heavy (non-hydrogen) atoms. The number of benzene rings is 1. The minimum Gasteiger partial charge on any atom is -0.489 e. The molecule has 3 nitrogen and oxygen atoms in total. The first-order valence-corrected chi connectivity index (χ1v) is 5.33. The van der Waals surface area contributed by atoms with Crippen molar-refractivity contribution in [1.29, 1.82) is 5.26 Å². The van der Waals surface area contributed by atoms with Gasteiger partial charge in [0.1, 0.15) is 24.1 Å². The molecule has 0 aliphatic rings. The molecule has 0 aliphatic carbocycles. The zero-order valence-electron chi connectivity index (χ0n) is 9.55. The maximum atomic E-state index is 8.80. The number of nitriles is 1. The molecule has 0 N–H and O–H groups in total. The highest BCUT2D eigenvalue weighted by Crippen LogP contribution is 2.15. The van der Waals surface area contributed by atoms with Gasteiger partial charge in [-0.05, 0) is 12.5 Å². The summed E-state index contributed by atoms with van der Waals surface area (Å²) < 4.78 is 5.62. The molecule has 2 rings (SSSR count). The van der Waals surface area contributed by atoms with Gasteiger partial charge in [0.05, 0.1) is 0 Å². The molecule has 84 valence electrons. The Morgan fingerprint density at radius 1 is 1.24 bits per heavy atom. The fraction of sp³-hybridized carbons (Fsp3) is 0.143. The summed E-state index contributed by atoms with van der Waals surface area (Å²) in [5.41, 5.74) is 2.26. The highest BCUT2D eigenvalue weighted by molar-refractivity contribution is 5.33. The van der Waals surface area contributed by atoms with Crippen LogP contribution >= 0.6 is 0 Å². The number of hydrogen-bond acceptors (Lipinski definition) is 3. The molecule has 0 unspecified atom stereocenters. The molecular formula is C14H12N2O. The smallest absolute Gasteiger partial charge is 0.144 e. The van der Waals surface area contributed by atoms with E-state index in [0.717, 1.165) is 11.3 Å². The van der Waals surface area contributed by atoms with Crippen LogP contribution in [-0.4, -0.2) is 4.98 Å². The van der Waals surface area contributed by atoms with Crippen molar-refractivity contribution in [3.8, 4) is 11.8 Å². The molecule has 0 saturated heterocycles. The molecule has 0 aliphatic heterocycles. The second kappa shape index (κ2) is 5.13. The molecule has 0 amide bonds. The molecule has 0 atom stereocenters. The number of ether oxygens (including phenoxy) is 1. The lowest BCUT2D eigenvalue weighted by Crippen LogP contribution is -1.97. The van der Waals surface area contributed by atoms with Crippen LogP contribution in [0, 0.1) is 18.3 Å². The topological polar surface area (TPSA) is 45.9 Å². The van der Waals surface area contributed by atoms with Crippen molar-refractivity contribution in [2.45, 2.75) is 13.5 Å². The molecule has 0 spiro atoms. The van der Waals surface area contributed by atoms with E-state index >= 15 is 0 Å². The fourth-order valence-electron chi connectivity index (χ4n) is 1.52. The third-order valence-corrected chi connectivity index (χ3v) is 2.29. The van der Waals surface area contributed by atoms with Crippen LogP contribution in [0.2, 0.25) is 0 Å². The average Bonchev–Trinajstić information content (AvgIpc) is 2.37. The summed E-state index contributed by atoms with van der Waals surface area (Å²) in [7, 11) is 0. The van der Waals surface area contributed by atoms with Gasteiger partial charge in [-0.25, -0.2) is 4.98 Å². The Morgan fingerprint density at radius 3 is 2.71 bits per heavy atom. The van der Waals surface area contributed by atoms with Crippen molar-refractivity contribution in [2.24, 2.45) is 0 Å². The van der Waals surface area contributed by atoms with Gasteiger partial charge in [-0.1, -0.05) is 30.3 Å².